The number of likely N-dealkylation sites (tertiary alicyclic amines) is 1. The zero-order valence-corrected chi connectivity index (χ0v) is 16.5. The summed E-state index contributed by atoms with van der Waals surface area (Å²) in [7, 11) is 0. The van der Waals surface area contributed by atoms with Crippen molar-refractivity contribution in [2.45, 2.75) is 6.61 Å². The number of amides is 2. The molecule has 0 radical (unpaired) electrons. The van der Waals surface area contributed by atoms with Crippen molar-refractivity contribution in [1.82, 2.24) is 25.2 Å². The number of aromatic nitrogens is 3. The lowest BCUT2D eigenvalue weighted by molar-refractivity contribution is 0.0816. The van der Waals surface area contributed by atoms with Crippen molar-refractivity contribution in [2.24, 2.45) is 5.92 Å². The maximum Gasteiger partial charge on any atom is 0.410 e. The highest BCUT2D eigenvalue weighted by molar-refractivity contribution is 5.98. The van der Waals surface area contributed by atoms with Gasteiger partial charge in [0, 0.05) is 37.3 Å². The number of aromatic amines is 1. The lowest BCUT2D eigenvalue weighted by atomic mass is 10.1. The van der Waals surface area contributed by atoms with Gasteiger partial charge in [0.15, 0.2) is 0 Å². The molecule has 0 unspecified atom stereocenters. The standard InChI is InChI=1S/C22H18N6O3/c23-8-14-1-3-15(4-2-14)13-31-22(30)28-11-17-9-27(10-18(17)12-28)21(29)16-5-6-19-20(7-16)25-26-24-19/h1-7,9,18H,10-13H2,(H,24,25,26)/t18-/m0/s1. The van der Waals surface area contributed by atoms with Gasteiger partial charge in [-0.15, -0.1) is 5.10 Å². The van der Waals surface area contributed by atoms with E-state index in [1.807, 2.05) is 6.20 Å². The normalized spacial score (nSPS) is 17.4. The molecule has 0 aliphatic carbocycles. The zero-order chi connectivity index (χ0) is 21.4. The third-order valence-electron chi connectivity index (χ3n) is 5.61. The summed E-state index contributed by atoms with van der Waals surface area (Å²) in [4.78, 5) is 28.6. The van der Waals surface area contributed by atoms with Crippen LogP contribution < -0.4 is 0 Å². The minimum absolute atomic E-state index is 0.0956. The number of rotatable bonds is 3. The number of carbonyl (C=O) groups is 2. The summed E-state index contributed by atoms with van der Waals surface area (Å²) in [6.45, 7) is 1.65. The molecule has 0 spiro atoms. The van der Waals surface area contributed by atoms with Gasteiger partial charge in [-0.25, -0.2) is 4.79 Å². The first-order chi connectivity index (χ1) is 15.1. The van der Waals surface area contributed by atoms with Crippen LogP contribution in [0.4, 0.5) is 4.79 Å². The summed E-state index contributed by atoms with van der Waals surface area (Å²) in [5.74, 6) is 0.0175. The minimum Gasteiger partial charge on any atom is -0.445 e. The van der Waals surface area contributed by atoms with Gasteiger partial charge in [-0.1, -0.05) is 17.3 Å². The van der Waals surface area contributed by atoms with E-state index in [1.165, 1.54) is 0 Å². The summed E-state index contributed by atoms with van der Waals surface area (Å²) in [6.07, 6.45) is 1.46. The molecule has 2 amide bonds. The van der Waals surface area contributed by atoms with Gasteiger partial charge in [0.1, 0.15) is 12.1 Å². The van der Waals surface area contributed by atoms with Crippen LogP contribution in [0.2, 0.25) is 0 Å². The fourth-order valence-corrected chi connectivity index (χ4v) is 3.94. The SMILES string of the molecule is N#Cc1ccc(COC(=O)N2CC3=CN(C(=O)c4ccc5[nH]nnc5c4)C[C@H]3C2)cc1. The van der Waals surface area contributed by atoms with Crippen molar-refractivity contribution in [2.75, 3.05) is 19.6 Å². The van der Waals surface area contributed by atoms with Crippen LogP contribution in [0, 0.1) is 17.2 Å². The molecule has 9 heteroatoms. The monoisotopic (exact) mass is 414 g/mol. The predicted molar refractivity (Wildman–Crippen MR) is 109 cm³/mol. The molecule has 154 valence electrons. The minimum atomic E-state index is -0.381. The second-order valence-electron chi connectivity index (χ2n) is 7.65. The van der Waals surface area contributed by atoms with E-state index < -0.39 is 0 Å². The van der Waals surface area contributed by atoms with E-state index in [1.54, 1.807) is 52.3 Å². The van der Waals surface area contributed by atoms with E-state index in [-0.39, 0.29) is 24.5 Å². The molecule has 5 rings (SSSR count). The van der Waals surface area contributed by atoms with Crippen molar-refractivity contribution in [3.63, 3.8) is 0 Å². The first-order valence-electron chi connectivity index (χ1n) is 9.84. The van der Waals surface area contributed by atoms with Crippen LogP contribution in [0.25, 0.3) is 11.0 Å². The van der Waals surface area contributed by atoms with E-state index in [0.717, 1.165) is 16.7 Å². The zero-order valence-electron chi connectivity index (χ0n) is 16.5. The van der Waals surface area contributed by atoms with Crippen LogP contribution in [0.5, 0.6) is 0 Å². The number of nitriles is 1. The average molecular weight is 414 g/mol. The second-order valence-corrected chi connectivity index (χ2v) is 7.65. The van der Waals surface area contributed by atoms with Gasteiger partial charge >= 0.3 is 6.09 Å². The number of ether oxygens (including phenoxy) is 1. The largest absolute Gasteiger partial charge is 0.445 e. The highest BCUT2D eigenvalue weighted by Gasteiger charge is 2.38. The predicted octanol–water partition coefficient (Wildman–Crippen LogP) is 2.44. The first-order valence-corrected chi connectivity index (χ1v) is 9.84. The molecule has 1 atom stereocenters. The number of H-pyrrole nitrogens is 1. The number of hydrogen-bond acceptors (Lipinski definition) is 6. The molecule has 3 aromatic rings. The van der Waals surface area contributed by atoms with Gasteiger partial charge < -0.3 is 14.5 Å². The van der Waals surface area contributed by atoms with Crippen LogP contribution in [0.15, 0.2) is 54.2 Å². The molecule has 0 bridgehead atoms. The third kappa shape index (κ3) is 3.59. The number of carbonyl (C=O) groups excluding carboxylic acids is 2. The molecule has 2 aliphatic rings. The van der Waals surface area contributed by atoms with Gasteiger partial charge in [0.25, 0.3) is 5.91 Å². The lowest BCUT2D eigenvalue weighted by Gasteiger charge is -2.19. The van der Waals surface area contributed by atoms with Crippen molar-refractivity contribution >= 4 is 23.0 Å². The quantitative estimate of drug-likeness (QED) is 0.704. The molecule has 9 nitrogen and oxygen atoms in total. The Labute approximate surface area is 177 Å². The average Bonchev–Trinajstić information content (AvgIpc) is 3.51. The summed E-state index contributed by atoms with van der Waals surface area (Å²) < 4.78 is 5.41. The molecular formula is C22H18N6O3. The molecule has 2 aliphatic heterocycles. The van der Waals surface area contributed by atoms with E-state index in [0.29, 0.717) is 36.3 Å². The Bertz CT molecular complexity index is 1240. The molecule has 2 aromatic carbocycles. The van der Waals surface area contributed by atoms with E-state index in [9.17, 15) is 9.59 Å². The van der Waals surface area contributed by atoms with Crippen LogP contribution in [0.3, 0.4) is 0 Å². The molecule has 31 heavy (non-hydrogen) atoms. The van der Waals surface area contributed by atoms with Crippen LogP contribution >= 0.6 is 0 Å². The summed E-state index contributed by atoms with van der Waals surface area (Å²) in [6, 6.07) is 14.3. The molecule has 1 saturated heterocycles. The summed E-state index contributed by atoms with van der Waals surface area (Å²) >= 11 is 0. The van der Waals surface area contributed by atoms with Gasteiger partial charge in [-0.3, -0.25) is 9.89 Å². The number of nitrogens with one attached hydrogen (secondary N) is 1. The Morgan fingerprint density at radius 1 is 1.19 bits per heavy atom. The molecule has 3 heterocycles. The van der Waals surface area contributed by atoms with Crippen molar-refractivity contribution < 1.29 is 14.3 Å². The Balaban J connectivity index is 1.19. The third-order valence-corrected chi connectivity index (χ3v) is 5.61. The van der Waals surface area contributed by atoms with Gasteiger partial charge in [-0.2, -0.15) is 5.26 Å². The highest BCUT2D eigenvalue weighted by atomic mass is 16.6. The van der Waals surface area contributed by atoms with E-state index in [2.05, 4.69) is 21.5 Å². The molecule has 1 fully saturated rings. The first kappa shape index (κ1) is 18.8. The highest BCUT2D eigenvalue weighted by Crippen LogP contribution is 2.31. The Morgan fingerprint density at radius 3 is 2.81 bits per heavy atom. The van der Waals surface area contributed by atoms with E-state index in [4.69, 9.17) is 10.00 Å². The molecule has 0 saturated carbocycles. The van der Waals surface area contributed by atoms with Crippen LogP contribution in [-0.4, -0.2) is 56.8 Å². The van der Waals surface area contributed by atoms with Crippen molar-refractivity contribution in [1.29, 1.82) is 5.26 Å². The Kier molecular flexibility index (Phi) is 4.59. The Morgan fingerprint density at radius 2 is 2.03 bits per heavy atom. The maximum absolute atomic E-state index is 12.9. The van der Waals surface area contributed by atoms with Gasteiger partial charge in [-0.05, 0) is 41.5 Å². The van der Waals surface area contributed by atoms with Gasteiger partial charge in [0.05, 0.1) is 17.1 Å². The number of nitrogens with zero attached hydrogens (tertiary/aromatic N) is 5. The van der Waals surface area contributed by atoms with Crippen molar-refractivity contribution in [3.8, 4) is 6.07 Å². The van der Waals surface area contributed by atoms with Gasteiger partial charge in [0.2, 0.25) is 0 Å². The number of hydrogen-bond donors (Lipinski definition) is 1. The summed E-state index contributed by atoms with van der Waals surface area (Å²) in [5, 5.41) is 19.3. The fraction of sp³-hybridized carbons (Fsp3) is 0.227. The topological polar surface area (TPSA) is 115 Å². The fourth-order valence-electron chi connectivity index (χ4n) is 3.94. The number of benzene rings is 2. The Hall–Kier alpha value is -4.19. The smallest absolute Gasteiger partial charge is 0.410 e. The summed E-state index contributed by atoms with van der Waals surface area (Å²) in [5.41, 5.74) is 4.42. The van der Waals surface area contributed by atoms with Crippen molar-refractivity contribution in [3.05, 3.63) is 70.9 Å². The van der Waals surface area contributed by atoms with Crippen LogP contribution in [-0.2, 0) is 11.3 Å². The molecule has 1 aromatic heterocycles. The lowest BCUT2D eigenvalue weighted by Crippen LogP contribution is -2.33. The second kappa shape index (κ2) is 7.57. The van der Waals surface area contributed by atoms with E-state index >= 15 is 0 Å². The molecule has 1 N–H and O–H groups in total. The van der Waals surface area contributed by atoms with Crippen LogP contribution in [0.1, 0.15) is 21.5 Å². The maximum atomic E-state index is 12.9. The number of fused-ring (bicyclic) bond motifs is 2. The molecular weight excluding hydrogens is 396 g/mol.